The van der Waals surface area contributed by atoms with Gasteiger partial charge in [-0.25, -0.2) is 9.97 Å². The van der Waals surface area contributed by atoms with Gasteiger partial charge in [0.05, 0.1) is 56.3 Å². The van der Waals surface area contributed by atoms with Gasteiger partial charge >= 0.3 is 0 Å². The third-order valence-electron chi connectivity index (χ3n) is 7.11. The van der Waals surface area contributed by atoms with Crippen LogP contribution in [0.2, 0.25) is 0 Å². The highest BCUT2D eigenvalue weighted by Crippen LogP contribution is 2.32. The van der Waals surface area contributed by atoms with Crippen LogP contribution in [0.4, 0.5) is 11.5 Å². The molecule has 0 radical (unpaired) electrons. The van der Waals surface area contributed by atoms with E-state index in [1.807, 2.05) is 0 Å². The number of carbonyl (C=O) groups excluding carboxylic acids is 5. The molecule has 3 aromatic rings. The van der Waals surface area contributed by atoms with Crippen LogP contribution < -0.4 is 21.7 Å². The number of nitrogens with zero attached hydrogens (tertiary/aromatic N) is 3. The molecule has 1 aromatic carbocycles. The lowest BCUT2D eigenvalue weighted by Gasteiger charge is -2.27. The summed E-state index contributed by atoms with van der Waals surface area (Å²) in [5.41, 5.74) is 6.72. The van der Waals surface area contributed by atoms with Crippen LogP contribution in [0.3, 0.4) is 0 Å². The molecule has 0 spiro atoms. The van der Waals surface area contributed by atoms with Crippen molar-refractivity contribution in [3.63, 3.8) is 0 Å². The molecule has 16 heteroatoms. The predicted molar refractivity (Wildman–Crippen MR) is 161 cm³/mol. The van der Waals surface area contributed by atoms with Crippen LogP contribution >= 0.6 is 0 Å². The molecule has 5 N–H and O–H groups in total. The molecule has 5 amide bonds. The first kappa shape index (κ1) is 32.2. The van der Waals surface area contributed by atoms with Crippen LogP contribution in [0, 0.1) is 0 Å². The number of nitrogens with one attached hydrogen (secondary N) is 3. The molecule has 5 rings (SSSR count). The van der Waals surface area contributed by atoms with Crippen LogP contribution in [0.5, 0.6) is 0 Å². The van der Waals surface area contributed by atoms with Crippen LogP contribution in [0.15, 0.2) is 47.2 Å². The Labute approximate surface area is 263 Å². The van der Waals surface area contributed by atoms with Crippen molar-refractivity contribution in [2.75, 3.05) is 63.4 Å². The van der Waals surface area contributed by atoms with E-state index in [4.69, 9.17) is 24.4 Å². The third kappa shape index (κ3) is 7.53. The molecule has 1 atom stereocenters. The molecule has 0 aliphatic carbocycles. The fourth-order valence-corrected chi connectivity index (χ4v) is 4.93. The maximum absolute atomic E-state index is 13.1. The summed E-state index contributed by atoms with van der Waals surface area (Å²) in [6.07, 6.45) is 2.97. The Balaban J connectivity index is 0.936. The lowest BCUT2D eigenvalue weighted by molar-refractivity contribution is -0.136. The Morgan fingerprint density at radius 1 is 0.935 bits per heavy atom. The molecule has 2 aliphatic heterocycles. The minimum absolute atomic E-state index is 0.0308. The smallest absolute Gasteiger partial charge is 0.270 e. The maximum Gasteiger partial charge on any atom is 0.270 e. The van der Waals surface area contributed by atoms with Crippen LogP contribution in [-0.2, 0) is 23.8 Å². The van der Waals surface area contributed by atoms with Crippen LogP contribution in [0.25, 0.3) is 11.5 Å². The molecule has 2 aromatic heterocycles. The van der Waals surface area contributed by atoms with Crippen molar-refractivity contribution in [2.24, 2.45) is 5.73 Å². The number of rotatable bonds is 17. The summed E-state index contributed by atoms with van der Waals surface area (Å²) < 4.78 is 22.0. The first-order valence-electron chi connectivity index (χ1n) is 14.6. The van der Waals surface area contributed by atoms with Gasteiger partial charge < -0.3 is 35.0 Å². The number of pyridine rings is 1. The molecule has 242 valence electrons. The number of primary amides is 1. The lowest BCUT2D eigenvalue weighted by Crippen LogP contribution is -2.54. The minimum Gasteiger partial charge on any atom is -0.443 e. The number of nitrogens with two attached hydrogens (primary N) is 1. The summed E-state index contributed by atoms with van der Waals surface area (Å²) in [5, 5.41) is 8.46. The van der Waals surface area contributed by atoms with E-state index in [2.05, 4.69) is 25.9 Å². The van der Waals surface area contributed by atoms with Crippen molar-refractivity contribution >= 4 is 41.0 Å². The number of anilines is 2. The van der Waals surface area contributed by atoms with Gasteiger partial charge in [0.15, 0.2) is 5.69 Å². The minimum atomic E-state index is -1.02. The second-order valence-corrected chi connectivity index (χ2v) is 10.2. The number of hydrogen-bond acceptors (Lipinski definition) is 13. The number of aromatic nitrogens is 2. The number of ether oxygens (including phenoxy) is 3. The Morgan fingerprint density at radius 2 is 1.63 bits per heavy atom. The SMILES string of the molecule is NC(=O)c1coc(-c2cccnc2NCCOCCOCCOCCNc2cccc3c2C(=O)N(C2CCC(=O)NC2=O)C3=O)n1. The zero-order chi connectivity index (χ0) is 32.5. The van der Waals surface area contributed by atoms with Gasteiger partial charge in [0.2, 0.25) is 17.7 Å². The summed E-state index contributed by atoms with van der Waals surface area (Å²) >= 11 is 0. The van der Waals surface area contributed by atoms with Gasteiger partial charge in [-0.15, -0.1) is 0 Å². The predicted octanol–water partition coefficient (Wildman–Crippen LogP) is 0.811. The summed E-state index contributed by atoms with van der Waals surface area (Å²) in [4.78, 5) is 70.4. The number of imide groups is 2. The van der Waals surface area contributed by atoms with Gasteiger partial charge in [0.25, 0.3) is 17.7 Å². The van der Waals surface area contributed by atoms with E-state index in [1.54, 1.807) is 36.5 Å². The highest BCUT2D eigenvalue weighted by Gasteiger charge is 2.45. The third-order valence-corrected chi connectivity index (χ3v) is 7.11. The Hall–Kier alpha value is -5.19. The van der Waals surface area contributed by atoms with Crippen molar-refractivity contribution in [3.05, 3.63) is 59.6 Å². The molecule has 4 heterocycles. The molecular weight excluding hydrogens is 602 g/mol. The van der Waals surface area contributed by atoms with Crippen molar-refractivity contribution in [1.82, 2.24) is 20.2 Å². The molecular formula is C30H33N7O9. The van der Waals surface area contributed by atoms with Crippen LogP contribution in [-0.4, -0.2) is 103 Å². The van der Waals surface area contributed by atoms with E-state index in [1.165, 1.54) is 6.26 Å². The van der Waals surface area contributed by atoms with Gasteiger partial charge in [-0.2, -0.15) is 0 Å². The monoisotopic (exact) mass is 635 g/mol. The van der Waals surface area contributed by atoms with Gasteiger partial charge in [-0.05, 0) is 30.7 Å². The fourth-order valence-electron chi connectivity index (χ4n) is 4.93. The van der Waals surface area contributed by atoms with Crippen LogP contribution in [0.1, 0.15) is 44.0 Å². The summed E-state index contributed by atoms with van der Waals surface area (Å²) in [5.74, 6) is -2.13. The van der Waals surface area contributed by atoms with E-state index >= 15 is 0 Å². The zero-order valence-corrected chi connectivity index (χ0v) is 24.8. The Bertz CT molecular complexity index is 1610. The molecule has 0 saturated carbocycles. The number of amides is 5. The Morgan fingerprint density at radius 3 is 2.33 bits per heavy atom. The molecule has 1 fully saturated rings. The molecule has 16 nitrogen and oxygen atoms in total. The summed E-state index contributed by atoms with van der Waals surface area (Å²) in [7, 11) is 0. The second-order valence-electron chi connectivity index (χ2n) is 10.2. The van der Waals surface area contributed by atoms with E-state index in [0.29, 0.717) is 69.8 Å². The standard InChI is InChI=1S/C30H33N7O9/c31-25(39)21-17-46-28(35-21)19-4-2-8-33-26(19)34-10-12-44-14-16-45-15-13-43-11-9-32-20-5-1-3-18-24(20)30(42)37(29(18)41)22-6-7-23(38)36-27(22)40/h1-5,8,17,22,32H,6-7,9-16H2,(H2,31,39)(H,33,34)(H,36,38,40). The van der Waals surface area contributed by atoms with Crippen molar-refractivity contribution in [2.45, 2.75) is 18.9 Å². The second kappa shape index (κ2) is 15.2. The van der Waals surface area contributed by atoms with Gasteiger partial charge in [0.1, 0.15) is 18.1 Å². The summed E-state index contributed by atoms with van der Waals surface area (Å²) in [6.45, 7) is 2.99. The van der Waals surface area contributed by atoms with Crippen molar-refractivity contribution in [3.8, 4) is 11.5 Å². The molecule has 0 bridgehead atoms. The van der Waals surface area contributed by atoms with Crippen molar-refractivity contribution in [1.29, 1.82) is 0 Å². The number of carbonyl (C=O) groups is 5. The first-order valence-corrected chi connectivity index (χ1v) is 14.6. The van der Waals surface area contributed by atoms with E-state index in [0.717, 1.165) is 4.90 Å². The number of benzene rings is 1. The molecule has 2 aliphatic rings. The molecule has 1 unspecified atom stereocenters. The van der Waals surface area contributed by atoms with E-state index in [9.17, 15) is 24.0 Å². The number of hydrogen-bond donors (Lipinski definition) is 4. The van der Waals surface area contributed by atoms with Gasteiger partial charge in [0, 0.05) is 31.4 Å². The number of fused-ring (bicyclic) bond motifs is 1. The largest absolute Gasteiger partial charge is 0.443 e. The van der Waals surface area contributed by atoms with E-state index < -0.39 is 35.6 Å². The van der Waals surface area contributed by atoms with E-state index in [-0.39, 0.29) is 35.6 Å². The van der Waals surface area contributed by atoms with Gasteiger partial charge in [-0.3, -0.25) is 34.2 Å². The highest BCUT2D eigenvalue weighted by atomic mass is 16.5. The zero-order valence-electron chi connectivity index (χ0n) is 24.8. The maximum atomic E-state index is 13.1. The van der Waals surface area contributed by atoms with Crippen molar-refractivity contribution < 1.29 is 42.6 Å². The normalized spacial score (nSPS) is 16.0. The topological polar surface area (TPSA) is 217 Å². The Kier molecular flexibility index (Phi) is 10.6. The molecule has 1 saturated heterocycles. The number of oxazole rings is 1. The quantitative estimate of drug-likeness (QED) is 0.119. The highest BCUT2D eigenvalue weighted by molar-refractivity contribution is 6.25. The average molecular weight is 636 g/mol. The first-order chi connectivity index (χ1) is 22.3. The lowest BCUT2D eigenvalue weighted by atomic mass is 10.0. The fraction of sp³-hybridized carbons (Fsp3) is 0.367. The van der Waals surface area contributed by atoms with Gasteiger partial charge in [-0.1, -0.05) is 6.07 Å². The summed E-state index contributed by atoms with van der Waals surface area (Å²) in [6, 6.07) is 7.35. The average Bonchev–Trinajstić information content (AvgIpc) is 3.64. The number of piperidine rings is 1. The molecule has 46 heavy (non-hydrogen) atoms.